The lowest BCUT2D eigenvalue weighted by molar-refractivity contribution is 0.0825. The van der Waals surface area contributed by atoms with Crippen molar-refractivity contribution in [2.75, 3.05) is 27.2 Å². The van der Waals surface area contributed by atoms with Crippen LogP contribution in [0.15, 0.2) is 0 Å². The van der Waals surface area contributed by atoms with Gasteiger partial charge in [0.05, 0.1) is 0 Å². The van der Waals surface area contributed by atoms with Gasteiger partial charge < -0.3 is 0 Å². The van der Waals surface area contributed by atoms with E-state index < -0.39 is 10.2 Å². The summed E-state index contributed by atoms with van der Waals surface area (Å²) in [4.78, 5) is 2.43. The predicted octanol–water partition coefficient (Wildman–Crippen LogP) is 0.350. The lowest BCUT2D eigenvalue weighted by Crippen LogP contribution is -2.56. The highest BCUT2D eigenvalue weighted by molar-refractivity contribution is 7.86. The lowest BCUT2D eigenvalue weighted by atomic mass is 10.0. The van der Waals surface area contributed by atoms with Crippen molar-refractivity contribution in [3.63, 3.8) is 0 Å². The molecule has 2 fully saturated rings. The normalized spacial score (nSPS) is 31.6. The van der Waals surface area contributed by atoms with Crippen LogP contribution in [-0.4, -0.2) is 66.7 Å². The van der Waals surface area contributed by atoms with E-state index in [4.69, 9.17) is 0 Å². The first-order chi connectivity index (χ1) is 7.64. The van der Waals surface area contributed by atoms with Crippen molar-refractivity contribution in [2.24, 2.45) is 0 Å². The van der Waals surface area contributed by atoms with E-state index in [0.717, 1.165) is 13.0 Å². The minimum atomic E-state index is -3.24. The molecule has 17 heavy (non-hydrogen) atoms. The molecular weight excluding hydrogens is 238 g/mol. The molecule has 0 aromatic carbocycles. The summed E-state index contributed by atoms with van der Waals surface area (Å²) in [6.45, 7) is 8.08. The minimum absolute atomic E-state index is 0.132. The van der Waals surface area contributed by atoms with Crippen LogP contribution in [0.5, 0.6) is 0 Å². The van der Waals surface area contributed by atoms with E-state index in [2.05, 4.69) is 25.7 Å². The minimum Gasteiger partial charge on any atom is -0.293 e. The Bertz CT molecular complexity index is 399. The van der Waals surface area contributed by atoms with Crippen LogP contribution in [0.1, 0.15) is 27.2 Å². The smallest absolute Gasteiger partial charge is 0.281 e. The summed E-state index contributed by atoms with van der Waals surface area (Å²) in [5, 5.41) is 0. The Labute approximate surface area is 105 Å². The van der Waals surface area contributed by atoms with Gasteiger partial charge in [0.15, 0.2) is 0 Å². The van der Waals surface area contributed by atoms with Crippen LogP contribution in [0, 0.1) is 0 Å². The highest BCUT2D eigenvalue weighted by Crippen LogP contribution is 2.37. The molecular formula is C11H23N3O2S. The summed E-state index contributed by atoms with van der Waals surface area (Å²) < 4.78 is 27.2. The van der Waals surface area contributed by atoms with Gasteiger partial charge in [-0.2, -0.15) is 17.0 Å². The van der Waals surface area contributed by atoms with Crippen molar-refractivity contribution < 1.29 is 8.42 Å². The molecule has 0 aromatic rings. The Morgan fingerprint density at radius 1 is 1.12 bits per heavy atom. The molecule has 2 aliphatic rings. The zero-order chi connectivity index (χ0) is 13.0. The van der Waals surface area contributed by atoms with Crippen molar-refractivity contribution in [1.82, 2.24) is 13.5 Å². The topological polar surface area (TPSA) is 43.9 Å². The molecule has 0 aliphatic carbocycles. The highest BCUT2D eigenvalue weighted by Gasteiger charge is 2.50. The lowest BCUT2D eigenvalue weighted by Gasteiger charge is -2.41. The van der Waals surface area contributed by atoms with Gasteiger partial charge in [-0.1, -0.05) is 0 Å². The third-order valence-corrected chi connectivity index (χ3v) is 5.77. The van der Waals surface area contributed by atoms with Crippen molar-refractivity contribution in [1.29, 1.82) is 0 Å². The summed E-state index contributed by atoms with van der Waals surface area (Å²) in [6.07, 6.45) is 0.977. The molecule has 2 rings (SSSR count). The second-order valence-electron chi connectivity index (χ2n) is 6.23. The molecule has 2 aliphatic heterocycles. The molecule has 5 nitrogen and oxygen atoms in total. The van der Waals surface area contributed by atoms with Crippen molar-refractivity contribution in [2.45, 2.75) is 44.8 Å². The van der Waals surface area contributed by atoms with E-state index in [1.54, 1.807) is 18.4 Å². The fourth-order valence-electron chi connectivity index (χ4n) is 2.94. The van der Waals surface area contributed by atoms with Crippen LogP contribution < -0.4 is 0 Å². The molecule has 2 bridgehead atoms. The van der Waals surface area contributed by atoms with Crippen molar-refractivity contribution in [3.8, 4) is 0 Å². The van der Waals surface area contributed by atoms with Crippen LogP contribution in [-0.2, 0) is 10.2 Å². The number of hydrogen-bond donors (Lipinski definition) is 0. The predicted molar refractivity (Wildman–Crippen MR) is 68.0 cm³/mol. The number of nitrogens with zero attached hydrogens (tertiary/aromatic N) is 3. The molecule has 2 unspecified atom stereocenters. The van der Waals surface area contributed by atoms with Gasteiger partial charge in [0, 0.05) is 44.8 Å². The van der Waals surface area contributed by atoms with E-state index in [0.29, 0.717) is 12.6 Å². The first-order valence-corrected chi connectivity index (χ1v) is 7.50. The molecule has 0 saturated carbocycles. The quantitative estimate of drug-likeness (QED) is 0.720. The molecule has 6 heteroatoms. The number of piperazine rings is 1. The summed E-state index contributed by atoms with van der Waals surface area (Å²) >= 11 is 0. The molecule has 0 spiro atoms. The van der Waals surface area contributed by atoms with Gasteiger partial charge in [-0.05, 0) is 27.2 Å². The third kappa shape index (κ3) is 2.12. The molecule has 0 radical (unpaired) electrons. The van der Waals surface area contributed by atoms with Gasteiger partial charge in [-0.3, -0.25) is 4.90 Å². The largest absolute Gasteiger partial charge is 0.293 e. The van der Waals surface area contributed by atoms with Crippen molar-refractivity contribution in [3.05, 3.63) is 0 Å². The van der Waals surface area contributed by atoms with Gasteiger partial charge in [0.2, 0.25) is 0 Å². The Morgan fingerprint density at radius 2 is 1.71 bits per heavy atom. The van der Waals surface area contributed by atoms with Gasteiger partial charge in [-0.15, -0.1) is 0 Å². The molecule has 2 atom stereocenters. The zero-order valence-electron chi connectivity index (χ0n) is 11.3. The van der Waals surface area contributed by atoms with Crippen LogP contribution in [0.25, 0.3) is 0 Å². The Balaban J connectivity index is 2.14. The molecule has 0 aromatic heterocycles. The fraction of sp³-hybridized carbons (Fsp3) is 1.00. The van der Waals surface area contributed by atoms with Crippen LogP contribution >= 0.6 is 0 Å². The Kier molecular flexibility index (Phi) is 3.05. The first kappa shape index (κ1) is 13.3. The molecule has 0 amide bonds. The molecule has 2 heterocycles. The third-order valence-electron chi connectivity index (χ3n) is 3.81. The maximum atomic E-state index is 12.1. The zero-order valence-corrected chi connectivity index (χ0v) is 12.2. The van der Waals surface area contributed by atoms with E-state index in [-0.39, 0.29) is 11.6 Å². The van der Waals surface area contributed by atoms with E-state index in [9.17, 15) is 8.42 Å². The standard InChI is InChI=1S/C11H23N3O2S/c1-11(2,3)13-7-10-6-9(13)8-14(10)17(15,16)12(4)5/h9-10H,6-8H2,1-5H3. The van der Waals surface area contributed by atoms with Gasteiger partial charge in [-0.25, -0.2) is 0 Å². The second kappa shape index (κ2) is 3.91. The SMILES string of the molecule is CN(C)S(=O)(=O)N1CC2CC1CN2C(C)(C)C. The van der Waals surface area contributed by atoms with E-state index in [1.165, 1.54) is 4.31 Å². The monoisotopic (exact) mass is 261 g/mol. The molecule has 0 N–H and O–H groups in total. The summed E-state index contributed by atoms with van der Waals surface area (Å²) in [7, 11) is -0.0363. The maximum absolute atomic E-state index is 12.1. The summed E-state index contributed by atoms with van der Waals surface area (Å²) in [5.74, 6) is 0. The van der Waals surface area contributed by atoms with Crippen molar-refractivity contribution >= 4 is 10.2 Å². The maximum Gasteiger partial charge on any atom is 0.281 e. The van der Waals surface area contributed by atoms with E-state index in [1.807, 2.05) is 0 Å². The second-order valence-corrected chi connectivity index (χ2v) is 8.32. The summed E-state index contributed by atoms with van der Waals surface area (Å²) in [6, 6.07) is 0.543. The van der Waals surface area contributed by atoms with Gasteiger partial charge in [0.1, 0.15) is 0 Å². The fourth-order valence-corrected chi connectivity index (χ4v) is 4.25. The highest BCUT2D eigenvalue weighted by atomic mass is 32.2. The number of hydrogen-bond acceptors (Lipinski definition) is 3. The molecule has 100 valence electrons. The average Bonchev–Trinajstić information content (AvgIpc) is 2.74. The average molecular weight is 261 g/mol. The van der Waals surface area contributed by atoms with Gasteiger partial charge >= 0.3 is 0 Å². The number of rotatable bonds is 2. The number of likely N-dealkylation sites (tertiary alicyclic amines) is 1. The van der Waals surface area contributed by atoms with Crippen LogP contribution in [0.2, 0.25) is 0 Å². The van der Waals surface area contributed by atoms with Crippen LogP contribution in [0.4, 0.5) is 0 Å². The van der Waals surface area contributed by atoms with E-state index >= 15 is 0 Å². The number of fused-ring (bicyclic) bond motifs is 2. The summed E-state index contributed by atoms with van der Waals surface area (Å²) in [5.41, 5.74) is 0.132. The van der Waals surface area contributed by atoms with Gasteiger partial charge in [0.25, 0.3) is 10.2 Å². The Morgan fingerprint density at radius 3 is 2.06 bits per heavy atom. The Hall–Kier alpha value is -0.170. The first-order valence-electron chi connectivity index (χ1n) is 6.10. The van der Waals surface area contributed by atoms with Crippen LogP contribution in [0.3, 0.4) is 0 Å². The molecule has 2 saturated heterocycles.